The lowest BCUT2D eigenvalue weighted by molar-refractivity contribution is 0.517. The van der Waals surface area contributed by atoms with Crippen molar-refractivity contribution >= 4 is 23.2 Å². The van der Waals surface area contributed by atoms with Gasteiger partial charge in [-0.15, -0.1) is 0 Å². The molecule has 2 aromatic rings. The molecule has 2 unspecified atom stereocenters. The third kappa shape index (κ3) is 2.56. The molecule has 1 heterocycles. The van der Waals surface area contributed by atoms with Gasteiger partial charge in [0.1, 0.15) is 0 Å². The van der Waals surface area contributed by atoms with Gasteiger partial charge >= 0.3 is 0 Å². The molecule has 0 radical (unpaired) electrons. The van der Waals surface area contributed by atoms with Gasteiger partial charge in [0.05, 0.1) is 0 Å². The molecule has 2 nitrogen and oxygen atoms in total. The van der Waals surface area contributed by atoms with Crippen LogP contribution in [-0.2, 0) is 12.8 Å². The predicted octanol–water partition coefficient (Wildman–Crippen LogP) is 3.99. The quantitative estimate of drug-likeness (QED) is 0.931. The SMILES string of the molecule is NC(Cc1c(Cl)cccc1Cl)C1CCc2cccnc21. The topological polar surface area (TPSA) is 38.9 Å². The average Bonchev–Trinajstić information content (AvgIpc) is 2.87. The molecule has 2 N–H and O–H groups in total. The van der Waals surface area contributed by atoms with Crippen LogP contribution in [0.25, 0.3) is 0 Å². The number of hydrogen-bond donors (Lipinski definition) is 1. The van der Waals surface area contributed by atoms with Gasteiger partial charge in [-0.25, -0.2) is 0 Å². The molecule has 1 aromatic heterocycles. The predicted molar refractivity (Wildman–Crippen MR) is 83.4 cm³/mol. The second-order valence-electron chi connectivity index (χ2n) is 5.26. The Labute approximate surface area is 128 Å². The van der Waals surface area contributed by atoms with Crippen molar-refractivity contribution in [2.75, 3.05) is 0 Å². The molecule has 4 heteroatoms. The van der Waals surface area contributed by atoms with Crippen molar-refractivity contribution in [1.82, 2.24) is 4.98 Å². The fraction of sp³-hybridized carbons (Fsp3) is 0.312. The first-order valence-electron chi connectivity index (χ1n) is 6.79. The van der Waals surface area contributed by atoms with Crippen LogP contribution in [-0.4, -0.2) is 11.0 Å². The van der Waals surface area contributed by atoms with Crippen molar-refractivity contribution in [3.8, 4) is 0 Å². The minimum absolute atomic E-state index is 0.0106. The third-order valence-corrected chi connectivity index (χ3v) is 4.73. The molecule has 20 heavy (non-hydrogen) atoms. The second kappa shape index (κ2) is 5.72. The van der Waals surface area contributed by atoms with Crippen LogP contribution in [0.3, 0.4) is 0 Å². The summed E-state index contributed by atoms with van der Waals surface area (Å²) in [5, 5.41) is 1.37. The van der Waals surface area contributed by atoms with Crippen LogP contribution in [0.5, 0.6) is 0 Å². The number of hydrogen-bond acceptors (Lipinski definition) is 2. The van der Waals surface area contributed by atoms with Crippen molar-refractivity contribution in [1.29, 1.82) is 0 Å². The normalized spacial score (nSPS) is 18.9. The van der Waals surface area contributed by atoms with Gasteiger partial charge < -0.3 is 5.73 Å². The van der Waals surface area contributed by atoms with E-state index in [2.05, 4.69) is 11.1 Å². The monoisotopic (exact) mass is 306 g/mol. The van der Waals surface area contributed by atoms with Crippen molar-refractivity contribution in [2.24, 2.45) is 5.73 Å². The summed E-state index contributed by atoms with van der Waals surface area (Å²) >= 11 is 12.4. The van der Waals surface area contributed by atoms with Crippen LogP contribution in [0, 0.1) is 0 Å². The maximum absolute atomic E-state index is 6.41. The van der Waals surface area contributed by atoms with E-state index in [1.54, 1.807) is 0 Å². The number of pyridine rings is 1. The molecular formula is C16H16Cl2N2. The molecule has 1 aromatic carbocycles. The molecule has 0 saturated heterocycles. The number of benzene rings is 1. The van der Waals surface area contributed by atoms with E-state index in [1.165, 1.54) is 5.56 Å². The molecule has 0 spiro atoms. The maximum atomic E-state index is 6.41. The molecule has 0 bridgehead atoms. The number of nitrogens with zero attached hydrogens (tertiary/aromatic N) is 1. The zero-order chi connectivity index (χ0) is 14.1. The first-order chi connectivity index (χ1) is 9.66. The van der Waals surface area contributed by atoms with E-state index in [-0.39, 0.29) is 6.04 Å². The largest absolute Gasteiger partial charge is 0.327 e. The number of aryl methyl sites for hydroxylation is 1. The van der Waals surface area contributed by atoms with Crippen LogP contribution in [0.15, 0.2) is 36.5 Å². The van der Waals surface area contributed by atoms with E-state index in [0.29, 0.717) is 22.4 Å². The van der Waals surface area contributed by atoms with E-state index < -0.39 is 0 Å². The highest BCUT2D eigenvalue weighted by atomic mass is 35.5. The standard InChI is InChI=1S/C16H16Cl2N2/c17-13-4-1-5-14(18)12(13)9-15(19)11-7-6-10-3-2-8-20-16(10)11/h1-5,8,11,15H,6-7,9,19H2. The molecule has 0 saturated carbocycles. The molecule has 0 aliphatic heterocycles. The second-order valence-corrected chi connectivity index (χ2v) is 6.08. The van der Waals surface area contributed by atoms with Gasteiger partial charge in [0.25, 0.3) is 0 Å². The van der Waals surface area contributed by atoms with Gasteiger partial charge in [0.2, 0.25) is 0 Å². The van der Waals surface area contributed by atoms with Crippen LogP contribution in [0.4, 0.5) is 0 Å². The van der Waals surface area contributed by atoms with Gasteiger partial charge in [-0.3, -0.25) is 4.98 Å². The summed E-state index contributed by atoms with van der Waals surface area (Å²) in [6.45, 7) is 0. The van der Waals surface area contributed by atoms with Crippen molar-refractivity contribution in [2.45, 2.75) is 31.2 Å². The van der Waals surface area contributed by atoms with Crippen LogP contribution in [0.2, 0.25) is 10.0 Å². The van der Waals surface area contributed by atoms with Gasteiger partial charge in [0, 0.05) is 33.9 Å². The number of nitrogens with two attached hydrogens (primary N) is 1. The van der Waals surface area contributed by atoms with E-state index in [9.17, 15) is 0 Å². The Morgan fingerprint density at radius 1 is 1.20 bits per heavy atom. The van der Waals surface area contributed by atoms with Crippen LogP contribution < -0.4 is 5.73 Å². The summed E-state index contributed by atoms with van der Waals surface area (Å²) in [5.74, 6) is 0.290. The summed E-state index contributed by atoms with van der Waals surface area (Å²) in [5.41, 5.74) is 9.80. The van der Waals surface area contributed by atoms with Gasteiger partial charge in [-0.05, 0) is 48.6 Å². The molecule has 0 fully saturated rings. The summed E-state index contributed by atoms with van der Waals surface area (Å²) in [7, 11) is 0. The van der Waals surface area contributed by atoms with Crippen molar-refractivity contribution in [3.63, 3.8) is 0 Å². The Morgan fingerprint density at radius 3 is 2.70 bits per heavy atom. The first-order valence-corrected chi connectivity index (χ1v) is 7.54. The molecule has 2 atom stereocenters. The fourth-order valence-corrected chi connectivity index (χ4v) is 3.52. The lowest BCUT2D eigenvalue weighted by atomic mass is 9.92. The molecule has 3 rings (SSSR count). The Hall–Kier alpha value is -1.09. The molecule has 104 valence electrons. The summed E-state index contributed by atoms with van der Waals surface area (Å²) < 4.78 is 0. The molecule has 1 aliphatic rings. The number of aromatic nitrogens is 1. The number of rotatable bonds is 3. The molecular weight excluding hydrogens is 291 g/mol. The zero-order valence-corrected chi connectivity index (χ0v) is 12.5. The van der Waals surface area contributed by atoms with Gasteiger partial charge in [0.15, 0.2) is 0 Å². The third-order valence-electron chi connectivity index (χ3n) is 4.02. The Bertz CT molecular complexity index is 607. The lowest BCUT2D eigenvalue weighted by Crippen LogP contribution is -2.30. The van der Waals surface area contributed by atoms with Crippen molar-refractivity contribution < 1.29 is 0 Å². The number of fused-ring (bicyclic) bond motifs is 1. The lowest BCUT2D eigenvalue weighted by Gasteiger charge is -2.20. The Morgan fingerprint density at radius 2 is 1.95 bits per heavy atom. The van der Waals surface area contributed by atoms with E-state index in [0.717, 1.165) is 24.1 Å². The maximum Gasteiger partial charge on any atom is 0.0482 e. The summed E-state index contributed by atoms with van der Waals surface area (Å²) in [6.07, 6.45) is 4.62. The first kappa shape index (κ1) is 13.9. The van der Waals surface area contributed by atoms with Gasteiger partial charge in [-0.1, -0.05) is 35.3 Å². The van der Waals surface area contributed by atoms with Crippen molar-refractivity contribution in [3.05, 3.63) is 63.4 Å². The van der Waals surface area contributed by atoms with E-state index >= 15 is 0 Å². The van der Waals surface area contributed by atoms with Crippen LogP contribution in [0.1, 0.15) is 29.2 Å². The molecule has 0 amide bonds. The van der Waals surface area contributed by atoms with Crippen LogP contribution >= 0.6 is 23.2 Å². The number of halogens is 2. The Kier molecular flexibility index (Phi) is 3.97. The van der Waals surface area contributed by atoms with E-state index in [1.807, 2.05) is 30.5 Å². The van der Waals surface area contributed by atoms with E-state index in [4.69, 9.17) is 28.9 Å². The zero-order valence-electron chi connectivity index (χ0n) is 11.0. The highest BCUT2D eigenvalue weighted by molar-refractivity contribution is 6.36. The average molecular weight is 307 g/mol. The summed E-state index contributed by atoms with van der Waals surface area (Å²) in [6, 6.07) is 9.68. The Balaban J connectivity index is 1.83. The highest BCUT2D eigenvalue weighted by Gasteiger charge is 2.29. The summed E-state index contributed by atoms with van der Waals surface area (Å²) in [4.78, 5) is 4.50. The van der Waals surface area contributed by atoms with Gasteiger partial charge in [-0.2, -0.15) is 0 Å². The minimum atomic E-state index is -0.0106. The fourth-order valence-electron chi connectivity index (χ4n) is 2.97. The highest BCUT2D eigenvalue weighted by Crippen LogP contribution is 2.35. The molecule has 1 aliphatic carbocycles. The smallest absolute Gasteiger partial charge is 0.0482 e. The minimum Gasteiger partial charge on any atom is -0.327 e.